The maximum Gasteiger partial charge on any atom is 0.243 e. The van der Waals surface area contributed by atoms with Crippen molar-refractivity contribution in [3.05, 3.63) is 22.2 Å². The first kappa shape index (κ1) is 17.0. The highest BCUT2D eigenvalue weighted by Gasteiger charge is 2.10. The monoisotopic (exact) mass is 356 g/mol. The molecular weight excluding hydrogens is 340 g/mol. The second-order valence-corrected chi connectivity index (χ2v) is 5.33. The average Bonchev–Trinajstić information content (AvgIpc) is 2.39. The van der Waals surface area contributed by atoms with Crippen LogP contribution in [0.4, 0.5) is 11.4 Å². The third kappa shape index (κ3) is 5.82. The summed E-state index contributed by atoms with van der Waals surface area (Å²) in [5, 5.41) is 7.34. The van der Waals surface area contributed by atoms with Gasteiger partial charge in [0.1, 0.15) is 0 Å². The summed E-state index contributed by atoms with van der Waals surface area (Å²) in [6.07, 6.45) is 0. The van der Waals surface area contributed by atoms with Crippen molar-refractivity contribution in [2.75, 3.05) is 24.1 Å². The number of benzene rings is 1. The highest BCUT2D eigenvalue weighted by atomic mass is 79.9. The third-order valence-electron chi connectivity index (χ3n) is 2.57. The summed E-state index contributed by atoms with van der Waals surface area (Å²) in [6.45, 7) is 2.76. The van der Waals surface area contributed by atoms with E-state index in [9.17, 15) is 14.4 Å². The molecule has 5 N–H and O–H groups in total. The predicted molar refractivity (Wildman–Crippen MR) is 83.6 cm³/mol. The maximum atomic E-state index is 11.7. The van der Waals surface area contributed by atoms with Gasteiger partial charge in [-0.1, -0.05) is 15.9 Å². The highest BCUT2D eigenvalue weighted by Crippen LogP contribution is 2.27. The van der Waals surface area contributed by atoms with Crippen molar-refractivity contribution >= 4 is 45.0 Å². The SMILES string of the molecule is CC(=O)NCC(=O)NCC(=O)Nc1cc(Br)cc(C)c1N. The van der Waals surface area contributed by atoms with E-state index in [4.69, 9.17) is 5.73 Å². The van der Waals surface area contributed by atoms with E-state index in [-0.39, 0.29) is 19.0 Å². The molecule has 1 aromatic carbocycles. The molecule has 0 aromatic heterocycles. The molecule has 0 aliphatic rings. The van der Waals surface area contributed by atoms with Crippen LogP contribution in [0.15, 0.2) is 16.6 Å². The van der Waals surface area contributed by atoms with Crippen LogP contribution in [0.5, 0.6) is 0 Å². The zero-order valence-electron chi connectivity index (χ0n) is 11.7. The van der Waals surface area contributed by atoms with Crippen molar-refractivity contribution in [3.8, 4) is 0 Å². The molecular formula is C13H17BrN4O3. The van der Waals surface area contributed by atoms with Crippen molar-refractivity contribution in [2.24, 2.45) is 0 Å². The van der Waals surface area contributed by atoms with Crippen LogP contribution in [0.2, 0.25) is 0 Å². The van der Waals surface area contributed by atoms with E-state index in [2.05, 4.69) is 31.9 Å². The Labute approximate surface area is 130 Å². The van der Waals surface area contributed by atoms with Crippen molar-refractivity contribution in [1.82, 2.24) is 10.6 Å². The van der Waals surface area contributed by atoms with Crippen LogP contribution >= 0.6 is 15.9 Å². The van der Waals surface area contributed by atoms with Gasteiger partial charge in [0.05, 0.1) is 24.5 Å². The second-order valence-electron chi connectivity index (χ2n) is 4.42. The summed E-state index contributed by atoms with van der Waals surface area (Å²) in [7, 11) is 0. The number of carbonyl (C=O) groups excluding carboxylic acids is 3. The molecule has 0 heterocycles. The quantitative estimate of drug-likeness (QED) is 0.576. The smallest absolute Gasteiger partial charge is 0.243 e. The van der Waals surface area contributed by atoms with Crippen LogP contribution in [0, 0.1) is 6.92 Å². The number of carbonyl (C=O) groups is 3. The van der Waals surface area contributed by atoms with Crippen molar-refractivity contribution < 1.29 is 14.4 Å². The summed E-state index contributed by atoms with van der Waals surface area (Å²) >= 11 is 3.32. The Bertz CT molecular complexity index is 575. The molecule has 21 heavy (non-hydrogen) atoms. The Morgan fingerprint density at radius 2 is 1.76 bits per heavy atom. The lowest BCUT2D eigenvalue weighted by Crippen LogP contribution is -2.39. The van der Waals surface area contributed by atoms with Gasteiger partial charge in [0.15, 0.2) is 0 Å². The van der Waals surface area contributed by atoms with Gasteiger partial charge >= 0.3 is 0 Å². The van der Waals surface area contributed by atoms with E-state index in [1.54, 1.807) is 6.07 Å². The van der Waals surface area contributed by atoms with Gasteiger partial charge in [0.2, 0.25) is 17.7 Å². The number of rotatable bonds is 5. The second kappa shape index (κ2) is 7.63. The minimum absolute atomic E-state index is 0.166. The molecule has 0 atom stereocenters. The van der Waals surface area contributed by atoms with Gasteiger partial charge in [0.25, 0.3) is 0 Å². The Balaban J connectivity index is 2.51. The van der Waals surface area contributed by atoms with E-state index >= 15 is 0 Å². The number of nitrogens with one attached hydrogen (secondary N) is 3. The highest BCUT2D eigenvalue weighted by molar-refractivity contribution is 9.10. The fourth-order valence-electron chi connectivity index (χ4n) is 1.50. The molecule has 114 valence electrons. The number of hydrogen-bond acceptors (Lipinski definition) is 4. The lowest BCUT2D eigenvalue weighted by atomic mass is 10.1. The molecule has 3 amide bonds. The summed E-state index contributed by atoms with van der Waals surface area (Å²) in [4.78, 5) is 33.7. The predicted octanol–water partition coefficient (Wildman–Crippen LogP) is 0.531. The largest absolute Gasteiger partial charge is 0.397 e. The zero-order valence-corrected chi connectivity index (χ0v) is 13.3. The zero-order chi connectivity index (χ0) is 16.0. The Kier molecular flexibility index (Phi) is 6.16. The molecule has 0 spiro atoms. The van der Waals surface area contributed by atoms with E-state index < -0.39 is 11.8 Å². The standard InChI is InChI=1S/C13H17BrN4O3/c1-7-3-9(14)4-10(13(7)15)18-12(21)6-17-11(20)5-16-8(2)19/h3-4H,5-6,15H2,1-2H3,(H,16,19)(H,17,20)(H,18,21). The van der Waals surface area contributed by atoms with Crippen LogP contribution in [0.25, 0.3) is 0 Å². The number of nitrogen functional groups attached to an aromatic ring is 1. The normalized spacial score (nSPS) is 9.86. The summed E-state index contributed by atoms with van der Waals surface area (Å²) in [5.41, 5.74) is 7.64. The third-order valence-corrected chi connectivity index (χ3v) is 3.03. The molecule has 0 radical (unpaired) electrons. The molecule has 0 aliphatic carbocycles. The maximum absolute atomic E-state index is 11.7. The average molecular weight is 357 g/mol. The molecule has 7 nitrogen and oxygen atoms in total. The molecule has 0 unspecified atom stereocenters. The van der Waals surface area contributed by atoms with Crippen molar-refractivity contribution in [3.63, 3.8) is 0 Å². The summed E-state index contributed by atoms with van der Waals surface area (Å²) in [6, 6.07) is 3.51. The number of anilines is 2. The Hall–Kier alpha value is -2.09. The lowest BCUT2D eigenvalue weighted by Gasteiger charge is -2.11. The number of amides is 3. The van der Waals surface area contributed by atoms with Crippen molar-refractivity contribution in [1.29, 1.82) is 0 Å². The van der Waals surface area contributed by atoms with Crippen LogP contribution in [0.1, 0.15) is 12.5 Å². The molecule has 0 bridgehead atoms. The molecule has 0 saturated heterocycles. The van der Waals surface area contributed by atoms with E-state index in [0.29, 0.717) is 11.4 Å². The van der Waals surface area contributed by atoms with Crippen LogP contribution in [-0.4, -0.2) is 30.8 Å². The number of aryl methyl sites for hydroxylation is 1. The van der Waals surface area contributed by atoms with Crippen LogP contribution < -0.4 is 21.7 Å². The van der Waals surface area contributed by atoms with Crippen molar-refractivity contribution in [2.45, 2.75) is 13.8 Å². The topological polar surface area (TPSA) is 113 Å². The van der Waals surface area contributed by atoms with Crippen LogP contribution in [-0.2, 0) is 14.4 Å². The minimum Gasteiger partial charge on any atom is -0.397 e. The fourth-order valence-corrected chi connectivity index (χ4v) is 2.07. The van der Waals surface area contributed by atoms with Gasteiger partial charge in [-0.25, -0.2) is 0 Å². The Morgan fingerprint density at radius 1 is 1.14 bits per heavy atom. The van der Waals surface area contributed by atoms with Gasteiger partial charge in [-0.2, -0.15) is 0 Å². The molecule has 8 heteroatoms. The summed E-state index contributed by atoms with van der Waals surface area (Å²) < 4.78 is 0.791. The van der Waals surface area contributed by atoms with E-state index in [0.717, 1.165) is 10.0 Å². The van der Waals surface area contributed by atoms with Gasteiger partial charge in [-0.3, -0.25) is 14.4 Å². The van der Waals surface area contributed by atoms with Gasteiger partial charge in [0, 0.05) is 11.4 Å². The first-order valence-electron chi connectivity index (χ1n) is 6.16. The minimum atomic E-state index is -0.446. The van der Waals surface area contributed by atoms with Gasteiger partial charge in [-0.15, -0.1) is 0 Å². The molecule has 1 aromatic rings. The number of halogens is 1. The summed E-state index contributed by atoms with van der Waals surface area (Å²) in [5.74, 6) is -1.17. The van der Waals surface area contributed by atoms with Gasteiger partial charge < -0.3 is 21.7 Å². The first-order chi connectivity index (χ1) is 9.79. The fraction of sp³-hybridized carbons (Fsp3) is 0.308. The number of hydrogen-bond donors (Lipinski definition) is 4. The molecule has 0 aliphatic heterocycles. The first-order valence-corrected chi connectivity index (χ1v) is 6.95. The van der Waals surface area contributed by atoms with Crippen LogP contribution in [0.3, 0.4) is 0 Å². The molecule has 0 saturated carbocycles. The lowest BCUT2D eigenvalue weighted by molar-refractivity contribution is -0.126. The Morgan fingerprint density at radius 3 is 2.38 bits per heavy atom. The molecule has 1 rings (SSSR count). The van der Waals surface area contributed by atoms with E-state index in [1.165, 1.54) is 6.92 Å². The van der Waals surface area contributed by atoms with E-state index in [1.807, 2.05) is 13.0 Å². The van der Waals surface area contributed by atoms with Gasteiger partial charge in [-0.05, 0) is 24.6 Å². The molecule has 0 fully saturated rings. The number of nitrogens with two attached hydrogens (primary N) is 1.